The summed E-state index contributed by atoms with van der Waals surface area (Å²) in [6, 6.07) is 8.15. The van der Waals surface area contributed by atoms with E-state index in [1.165, 1.54) is 5.56 Å². The third-order valence-electron chi connectivity index (χ3n) is 4.31. The summed E-state index contributed by atoms with van der Waals surface area (Å²) in [6.45, 7) is 2.61. The van der Waals surface area contributed by atoms with E-state index >= 15 is 0 Å². The summed E-state index contributed by atoms with van der Waals surface area (Å²) in [4.78, 5) is 15.6. The van der Waals surface area contributed by atoms with Gasteiger partial charge in [-0.1, -0.05) is 29.8 Å². The van der Waals surface area contributed by atoms with Crippen LogP contribution in [0.3, 0.4) is 0 Å². The summed E-state index contributed by atoms with van der Waals surface area (Å²) >= 11 is 0. The standard InChI is InChI=1S/C16H23N3O2/c1-10-2-5-12(6-3-10)14-8-11(9-19-16(17)18)4-7-13(14)15(20)21/h2-3,5-6,11,13-14H,4,7-9H2,1H3,(H,20,21)(H4,17,18,19). The van der Waals surface area contributed by atoms with Gasteiger partial charge in [0.25, 0.3) is 0 Å². The molecule has 0 bridgehead atoms. The van der Waals surface area contributed by atoms with Crippen LogP contribution < -0.4 is 11.5 Å². The highest BCUT2D eigenvalue weighted by molar-refractivity contribution is 5.75. The largest absolute Gasteiger partial charge is 0.481 e. The maximum atomic E-state index is 11.5. The van der Waals surface area contributed by atoms with Gasteiger partial charge in [-0.25, -0.2) is 0 Å². The van der Waals surface area contributed by atoms with Gasteiger partial charge >= 0.3 is 5.97 Å². The van der Waals surface area contributed by atoms with Gasteiger partial charge in [0.05, 0.1) is 5.92 Å². The van der Waals surface area contributed by atoms with E-state index < -0.39 is 5.97 Å². The molecular formula is C16H23N3O2. The number of carbonyl (C=O) groups is 1. The summed E-state index contributed by atoms with van der Waals surface area (Å²) < 4.78 is 0. The highest BCUT2D eigenvalue weighted by atomic mass is 16.4. The van der Waals surface area contributed by atoms with E-state index in [1.54, 1.807) is 0 Å². The van der Waals surface area contributed by atoms with Gasteiger partial charge in [-0.15, -0.1) is 0 Å². The Bertz CT molecular complexity index is 521. The molecule has 0 spiro atoms. The second kappa shape index (κ2) is 6.61. The molecule has 1 aliphatic rings. The predicted molar refractivity (Wildman–Crippen MR) is 83.1 cm³/mol. The molecule has 21 heavy (non-hydrogen) atoms. The van der Waals surface area contributed by atoms with Crippen molar-refractivity contribution in [3.63, 3.8) is 0 Å². The Morgan fingerprint density at radius 1 is 1.29 bits per heavy atom. The number of hydrogen-bond acceptors (Lipinski definition) is 2. The average molecular weight is 289 g/mol. The number of carboxylic acid groups (broad SMARTS) is 1. The molecule has 0 amide bonds. The normalized spacial score (nSPS) is 25.3. The lowest BCUT2D eigenvalue weighted by Gasteiger charge is -2.33. The van der Waals surface area contributed by atoms with Crippen LogP contribution in [0.15, 0.2) is 29.3 Å². The van der Waals surface area contributed by atoms with Crippen molar-refractivity contribution in [2.24, 2.45) is 28.3 Å². The van der Waals surface area contributed by atoms with E-state index in [0.29, 0.717) is 18.9 Å². The van der Waals surface area contributed by atoms with E-state index in [2.05, 4.69) is 4.99 Å². The lowest BCUT2D eigenvalue weighted by Crippen LogP contribution is -2.31. The van der Waals surface area contributed by atoms with Crippen LogP contribution in [0.2, 0.25) is 0 Å². The zero-order chi connectivity index (χ0) is 15.4. The second-order valence-corrected chi connectivity index (χ2v) is 5.91. The average Bonchev–Trinajstić information content (AvgIpc) is 2.45. The Morgan fingerprint density at radius 2 is 1.95 bits per heavy atom. The van der Waals surface area contributed by atoms with E-state index in [4.69, 9.17) is 11.5 Å². The lowest BCUT2D eigenvalue weighted by molar-refractivity contribution is -0.143. The second-order valence-electron chi connectivity index (χ2n) is 5.91. The molecule has 1 aromatic rings. The van der Waals surface area contributed by atoms with Crippen LogP contribution in [0, 0.1) is 18.8 Å². The Hall–Kier alpha value is -2.04. The van der Waals surface area contributed by atoms with Crippen molar-refractivity contribution in [2.45, 2.75) is 32.1 Å². The lowest BCUT2D eigenvalue weighted by atomic mass is 9.71. The zero-order valence-electron chi connectivity index (χ0n) is 12.3. The number of rotatable bonds is 4. The molecule has 3 unspecified atom stereocenters. The van der Waals surface area contributed by atoms with Gasteiger partial charge in [0, 0.05) is 6.54 Å². The van der Waals surface area contributed by atoms with Crippen LogP contribution in [-0.2, 0) is 4.79 Å². The molecule has 1 fully saturated rings. The van der Waals surface area contributed by atoms with Crippen molar-refractivity contribution in [2.75, 3.05) is 6.54 Å². The number of nitrogens with zero attached hydrogens (tertiary/aromatic N) is 1. The Kier molecular flexibility index (Phi) is 4.83. The first kappa shape index (κ1) is 15.4. The fraction of sp³-hybridized carbons (Fsp3) is 0.500. The van der Waals surface area contributed by atoms with Gasteiger partial charge in [0.15, 0.2) is 5.96 Å². The van der Waals surface area contributed by atoms with Crippen molar-refractivity contribution in [3.05, 3.63) is 35.4 Å². The third-order valence-corrected chi connectivity index (χ3v) is 4.31. The van der Waals surface area contributed by atoms with E-state index in [0.717, 1.165) is 18.4 Å². The van der Waals surface area contributed by atoms with Crippen molar-refractivity contribution in [3.8, 4) is 0 Å². The molecular weight excluding hydrogens is 266 g/mol. The molecule has 114 valence electrons. The number of aliphatic carboxylic acids is 1. The van der Waals surface area contributed by atoms with Crippen LogP contribution in [0.25, 0.3) is 0 Å². The molecule has 1 saturated carbocycles. The van der Waals surface area contributed by atoms with Crippen LogP contribution in [-0.4, -0.2) is 23.6 Å². The first-order valence-electron chi connectivity index (χ1n) is 7.32. The maximum Gasteiger partial charge on any atom is 0.307 e. The molecule has 0 radical (unpaired) electrons. The topological polar surface area (TPSA) is 102 Å². The summed E-state index contributed by atoms with van der Waals surface area (Å²) in [5, 5.41) is 9.46. The third kappa shape index (κ3) is 3.97. The minimum absolute atomic E-state index is 0.0380. The molecule has 3 atom stereocenters. The van der Waals surface area contributed by atoms with Gasteiger partial charge in [0.1, 0.15) is 0 Å². The summed E-state index contributed by atoms with van der Waals surface area (Å²) in [6.07, 6.45) is 2.35. The smallest absolute Gasteiger partial charge is 0.307 e. The fourth-order valence-corrected chi connectivity index (χ4v) is 3.14. The van der Waals surface area contributed by atoms with Gasteiger partial charge in [-0.2, -0.15) is 0 Å². The molecule has 0 heterocycles. The number of guanidine groups is 1. The first-order valence-corrected chi connectivity index (χ1v) is 7.32. The molecule has 5 nitrogen and oxygen atoms in total. The number of benzene rings is 1. The number of aryl methyl sites for hydroxylation is 1. The molecule has 0 aliphatic heterocycles. The molecule has 5 N–H and O–H groups in total. The van der Waals surface area contributed by atoms with Gasteiger partial charge in [-0.05, 0) is 43.6 Å². The summed E-state index contributed by atoms with van der Waals surface area (Å²) in [5.41, 5.74) is 13.0. The Morgan fingerprint density at radius 3 is 2.52 bits per heavy atom. The zero-order valence-corrected chi connectivity index (χ0v) is 12.3. The molecule has 5 heteroatoms. The van der Waals surface area contributed by atoms with E-state index in [9.17, 15) is 9.90 Å². The summed E-state index contributed by atoms with van der Waals surface area (Å²) in [7, 11) is 0. The monoisotopic (exact) mass is 289 g/mol. The molecule has 1 aliphatic carbocycles. The SMILES string of the molecule is Cc1ccc(C2CC(CN=C(N)N)CCC2C(=O)O)cc1. The number of carboxylic acids is 1. The highest BCUT2D eigenvalue weighted by Crippen LogP contribution is 2.41. The van der Waals surface area contributed by atoms with E-state index in [-0.39, 0.29) is 17.8 Å². The number of aliphatic imine (C=N–C) groups is 1. The van der Waals surface area contributed by atoms with Crippen LogP contribution in [0.1, 0.15) is 36.3 Å². The van der Waals surface area contributed by atoms with Crippen molar-refractivity contribution in [1.29, 1.82) is 0 Å². The molecule has 0 saturated heterocycles. The molecule has 0 aromatic heterocycles. The Labute approximate surface area is 125 Å². The van der Waals surface area contributed by atoms with Gasteiger partial charge in [0.2, 0.25) is 0 Å². The van der Waals surface area contributed by atoms with Gasteiger partial charge < -0.3 is 16.6 Å². The quantitative estimate of drug-likeness (QED) is 0.581. The van der Waals surface area contributed by atoms with E-state index in [1.807, 2.05) is 31.2 Å². The van der Waals surface area contributed by atoms with Crippen LogP contribution in [0.5, 0.6) is 0 Å². The minimum Gasteiger partial charge on any atom is -0.481 e. The molecule has 2 rings (SSSR count). The summed E-state index contributed by atoms with van der Waals surface area (Å²) in [5.74, 6) is -0.545. The number of hydrogen-bond donors (Lipinski definition) is 3. The maximum absolute atomic E-state index is 11.5. The Balaban J connectivity index is 2.17. The first-order chi connectivity index (χ1) is 9.97. The van der Waals surface area contributed by atoms with Crippen LogP contribution in [0.4, 0.5) is 0 Å². The van der Waals surface area contributed by atoms with Crippen molar-refractivity contribution >= 4 is 11.9 Å². The van der Waals surface area contributed by atoms with Gasteiger partial charge in [-0.3, -0.25) is 9.79 Å². The van der Waals surface area contributed by atoms with Crippen molar-refractivity contribution < 1.29 is 9.90 Å². The minimum atomic E-state index is -0.708. The fourth-order valence-electron chi connectivity index (χ4n) is 3.14. The van der Waals surface area contributed by atoms with Crippen LogP contribution >= 0.6 is 0 Å². The predicted octanol–water partition coefficient (Wildman–Crippen LogP) is 1.85. The number of nitrogens with two attached hydrogens (primary N) is 2. The molecule has 1 aromatic carbocycles. The van der Waals surface area contributed by atoms with Crippen molar-refractivity contribution in [1.82, 2.24) is 0 Å². The highest BCUT2D eigenvalue weighted by Gasteiger charge is 2.35.